The number of nitrogens with zero attached hydrogens (tertiary/aromatic N) is 16. The summed E-state index contributed by atoms with van der Waals surface area (Å²) in [6, 6.07) is 53.5. The number of fused-ring (bicyclic) bond motifs is 3. The van der Waals surface area contributed by atoms with Gasteiger partial charge in [-0.2, -0.15) is 15.3 Å². The number of carbonyl (C=O) groups excluding carboxylic acids is 2. The van der Waals surface area contributed by atoms with Gasteiger partial charge in [0.25, 0.3) is 0 Å². The molecule has 0 aliphatic carbocycles. The van der Waals surface area contributed by atoms with Crippen molar-refractivity contribution in [2.24, 2.45) is 0 Å². The summed E-state index contributed by atoms with van der Waals surface area (Å²) in [5, 5.41) is 44.7. The zero-order valence-electron chi connectivity index (χ0n) is 51.5. The number of hydrogen-bond acceptors (Lipinski definition) is 13. The zero-order chi connectivity index (χ0) is 64.0. The number of benzene rings is 6. The molecule has 3 fully saturated rings. The molecule has 0 spiro atoms. The highest BCUT2D eigenvalue weighted by Gasteiger charge is 2.28. The fraction of sp³-hybridized carbons (Fsp3) is 0.254. The van der Waals surface area contributed by atoms with E-state index in [1.807, 2.05) is 149 Å². The molecule has 0 bridgehead atoms. The molecule has 3 aliphatic heterocycles. The van der Waals surface area contributed by atoms with Crippen molar-refractivity contribution in [3.05, 3.63) is 196 Å². The van der Waals surface area contributed by atoms with E-state index in [-0.39, 0.29) is 30.7 Å². The lowest BCUT2D eigenvalue weighted by atomic mass is 10.1. The van der Waals surface area contributed by atoms with Crippen LogP contribution in [0, 0.1) is 12.7 Å². The van der Waals surface area contributed by atoms with Gasteiger partial charge < -0.3 is 14.7 Å². The largest absolute Gasteiger partial charge is 0.341 e. The number of likely N-dealkylation sites (N-methyl/N-ethyl adjacent to an activating group) is 1. The summed E-state index contributed by atoms with van der Waals surface area (Å²) in [4.78, 5) is 34.1. The Morgan fingerprint density at radius 3 is 1.16 bits per heavy atom. The quantitative estimate of drug-likeness (QED) is 0.107. The lowest BCUT2D eigenvalue weighted by Crippen LogP contribution is -2.45. The first-order valence-electron chi connectivity index (χ1n) is 31.2. The predicted octanol–water partition coefficient (Wildman–Crippen LogP) is 13.4. The summed E-state index contributed by atoms with van der Waals surface area (Å²) in [6.07, 6.45) is 4.12. The van der Waals surface area contributed by atoms with Crippen molar-refractivity contribution in [1.82, 2.24) is 79.5 Å². The Hall–Kier alpha value is -9.37. The van der Waals surface area contributed by atoms with Crippen LogP contribution in [0.5, 0.6) is 0 Å². The smallest absolute Gasteiger partial charge is 0.244 e. The van der Waals surface area contributed by atoms with Crippen molar-refractivity contribution >= 4 is 79.7 Å². The number of likely N-dealkylation sites (tertiary alicyclic amines) is 2. The van der Waals surface area contributed by atoms with Gasteiger partial charge in [-0.1, -0.05) is 180 Å². The van der Waals surface area contributed by atoms with Gasteiger partial charge in [0.05, 0.1) is 37.8 Å². The average Bonchev–Trinajstić information content (AvgIpc) is 1.66. The standard InChI is InChI=1S/C24H25ClN6.C24H22ClN5O.C23H19ClFN5O/c1-29-12-14-30(15-13-29)16-17-31-24-20(22(28-31)18-8-4-2-5-9-18)21(25)23(26-27-24)19-10-6-3-7-11-19;1-16-8-7-11-18(14-16)22-20-21(25)23(17-9-3-2-4-10-17)26-27-24(20)30(28-22)15-19(31)29-12-5-6-13-29;24-20-19-21(16-8-10-17(25)11-9-16)28-30(14-18(31)29-12-4-5-13-29)23(19)27-26-22(20)15-6-2-1-3-7-15/h2-11H,12-17H2,1H3;2-4,7-11,14H,5-6,12-13,15H2,1H3;1-3,6-11H,4-5,12-14H2. The van der Waals surface area contributed by atoms with Crippen LogP contribution >= 0.6 is 34.8 Å². The molecule has 6 aromatic heterocycles. The molecule has 3 saturated heterocycles. The Kier molecular flexibility index (Phi) is 19.0. The number of amides is 2. The van der Waals surface area contributed by atoms with Gasteiger partial charge in [-0.25, -0.2) is 18.4 Å². The van der Waals surface area contributed by atoms with Crippen molar-refractivity contribution < 1.29 is 14.0 Å². The molecule has 2 amide bonds. The third-order valence-corrected chi connectivity index (χ3v) is 18.2. The van der Waals surface area contributed by atoms with Gasteiger partial charge >= 0.3 is 0 Å². The van der Waals surface area contributed by atoms with E-state index in [1.54, 1.807) is 21.5 Å². The maximum Gasteiger partial charge on any atom is 0.244 e. The van der Waals surface area contributed by atoms with Gasteiger partial charge in [-0.3, -0.25) is 14.5 Å². The van der Waals surface area contributed by atoms with Crippen LogP contribution in [0.3, 0.4) is 0 Å². The van der Waals surface area contributed by atoms with E-state index >= 15 is 0 Å². The van der Waals surface area contributed by atoms with E-state index in [0.717, 1.165) is 147 Å². The molecule has 0 saturated carbocycles. The van der Waals surface area contributed by atoms with Crippen molar-refractivity contribution in [3.8, 4) is 67.5 Å². The first kappa shape index (κ1) is 62.4. The van der Waals surface area contributed by atoms with Gasteiger partial charge in [0, 0.05) is 92.3 Å². The fourth-order valence-corrected chi connectivity index (χ4v) is 13.0. The van der Waals surface area contributed by atoms with E-state index in [0.29, 0.717) is 65.8 Å². The highest BCUT2D eigenvalue weighted by Crippen LogP contribution is 2.41. The van der Waals surface area contributed by atoms with Crippen LogP contribution < -0.4 is 0 Å². The summed E-state index contributed by atoms with van der Waals surface area (Å²) < 4.78 is 18.7. The van der Waals surface area contributed by atoms with Crippen LogP contribution in [0.1, 0.15) is 31.2 Å². The number of aromatic nitrogens is 12. The number of halogens is 4. The molecule has 9 heterocycles. The van der Waals surface area contributed by atoms with Gasteiger partial charge in [0.1, 0.15) is 53.1 Å². The molecule has 15 rings (SSSR count). The molecule has 470 valence electrons. The van der Waals surface area contributed by atoms with Gasteiger partial charge in [0.2, 0.25) is 11.8 Å². The number of aryl methyl sites for hydroxylation is 1. The Morgan fingerprint density at radius 1 is 0.398 bits per heavy atom. The van der Waals surface area contributed by atoms with Crippen LogP contribution in [0.15, 0.2) is 170 Å². The van der Waals surface area contributed by atoms with E-state index < -0.39 is 0 Å². The number of hydrogen-bond donors (Lipinski definition) is 0. The average molecular weight is 1300 g/mol. The molecule has 0 atom stereocenters. The second kappa shape index (κ2) is 28.2. The Bertz CT molecular complexity index is 4610. The van der Waals surface area contributed by atoms with Gasteiger partial charge in [0.15, 0.2) is 16.9 Å². The summed E-state index contributed by atoms with van der Waals surface area (Å²) in [6.45, 7) is 11.4. The van der Waals surface area contributed by atoms with E-state index in [2.05, 4.69) is 70.7 Å². The molecule has 0 unspecified atom stereocenters. The minimum absolute atomic E-state index is 0.0161. The summed E-state index contributed by atoms with van der Waals surface area (Å²) in [7, 11) is 2.17. The maximum atomic E-state index is 13.5. The normalized spacial score (nSPS) is 14.4. The molecule has 0 radical (unpaired) electrons. The van der Waals surface area contributed by atoms with Crippen LogP contribution in [0.2, 0.25) is 15.1 Å². The first-order chi connectivity index (χ1) is 45.4. The minimum Gasteiger partial charge on any atom is -0.341 e. The van der Waals surface area contributed by atoms with Crippen molar-refractivity contribution in [1.29, 1.82) is 0 Å². The fourth-order valence-electron chi connectivity index (χ4n) is 12.1. The monoisotopic (exact) mass is 1300 g/mol. The molecular formula is C71H66Cl3FN16O2. The van der Waals surface area contributed by atoms with Crippen LogP contribution in [-0.4, -0.2) is 157 Å². The summed E-state index contributed by atoms with van der Waals surface area (Å²) in [5.74, 6) is -0.312. The second-order valence-corrected chi connectivity index (χ2v) is 24.6. The van der Waals surface area contributed by atoms with Crippen LogP contribution in [-0.2, 0) is 29.2 Å². The highest BCUT2D eigenvalue weighted by molar-refractivity contribution is 6.40. The van der Waals surface area contributed by atoms with E-state index in [1.165, 1.54) is 12.1 Å². The number of rotatable bonds is 13. The molecular weight excluding hydrogens is 1230 g/mol. The molecule has 6 aromatic carbocycles. The van der Waals surface area contributed by atoms with Crippen molar-refractivity contribution in [2.75, 3.05) is 66.0 Å². The maximum absolute atomic E-state index is 13.5. The molecule has 22 heteroatoms. The summed E-state index contributed by atoms with van der Waals surface area (Å²) in [5.41, 5.74) is 12.0. The zero-order valence-corrected chi connectivity index (χ0v) is 53.7. The van der Waals surface area contributed by atoms with E-state index in [4.69, 9.17) is 45.0 Å². The summed E-state index contributed by atoms with van der Waals surface area (Å²) >= 11 is 20.6. The van der Waals surface area contributed by atoms with Gasteiger partial charge in [-0.15, -0.1) is 30.6 Å². The predicted molar refractivity (Wildman–Crippen MR) is 364 cm³/mol. The third kappa shape index (κ3) is 13.6. The van der Waals surface area contributed by atoms with Gasteiger partial charge in [-0.05, 0) is 70.0 Å². The van der Waals surface area contributed by atoms with Crippen molar-refractivity contribution in [3.63, 3.8) is 0 Å². The molecule has 12 aromatic rings. The third-order valence-electron chi connectivity index (χ3n) is 17.1. The first-order valence-corrected chi connectivity index (χ1v) is 32.4. The highest BCUT2D eigenvalue weighted by atomic mass is 35.5. The topological polar surface area (TPSA) is 178 Å². The number of piperazine rings is 1. The Balaban J connectivity index is 0.000000127. The molecule has 0 N–H and O–H groups in total. The lowest BCUT2D eigenvalue weighted by molar-refractivity contribution is -0.131. The minimum atomic E-state index is -0.340. The second-order valence-electron chi connectivity index (χ2n) is 23.4. The van der Waals surface area contributed by atoms with Crippen LogP contribution in [0.4, 0.5) is 4.39 Å². The molecule has 3 aliphatic rings. The Morgan fingerprint density at radius 2 is 0.753 bits per heavy atom. The van der Waals surface area contributed by atoms with Crippen LogP contribution in [0.25, 0.3) is 101 Å². The molecule has 18 nitrogen and oxygen atoms in total. The van der Waals surface area contributed by atoms with Crippen molar-refractivity contribution in [2.45, 2.75) is 52.2 Å². The molecule has 93 heavy (non-hydrogen) atoms. The van der Waals surface area contributed by atoms with E-state index in [9.17, 15) is 14.0 Å². The Labute approximate surface area is 552 Å². The SMILES string of the molecule is CN1CCN(CCn2nc(-c3ccccc3)c3c(Cl)c(-c4ccccc4)nnc32)CC1.Cc1cccc(-c2nn(CC(=O)N3CCCC3)c3nnc(-c4ccccc4)c(Cl)c23)c1.O=C(Cn1nc(-c2ccc(F)cc2)c2c(Cl)c(-c3ccccc3)nnc21)N1CCCC1. The number of carbonyl (C=O) groups is 2. The lowest BCUT2D eigenvalue weighted by Gasteiger charge is -2.32.